The minimum absolute atomic E-state index is 0.0427. The summed E-state index contributed by atoms with van der Waals surface area (Å²) in [4.78, 5) is 15.0. The molecule has 0 saturated carbocycles. The lowest BCUT2D eigenvalue weighted by molar-refractivity contribution is -0.142. The predicted octanol–water partition coefficient (Wildman–Crippen LogP) is 2.59. The van der Waals surface area contributed by atoms with E-state index in [4.69, 9.17) is 0 Å². The average Bonchev–Trinajstić information content (AvgIpc) is 3.15. The Labute approximate surface area is 136 Å². The lowest BCUT2D eigenvalue weighted by Gasteiger charge is -2.17. The zero-order valence-corrected chi connectivity index (χ0v) is 13.2. The first-order chi connectivity index (χ1) is 11.4. The van der Waals surface area contributed by atoms with Gasteiger partial charge in [-0.15, -0.1) is 0 Å². The largest absolute Gasteiger partial charge is 0.408 e. The molecule has 5 nitrogen and oxygen atoms in total. The summed E-state index contributed by atoms with van der Waals surface area (Å²) in [5, 5.41) is 8.31. The topological polar surface area (TPSA) is 62.7 Å². The number of halogens is 3. The maximum atomic E-state index is 12.9. The molecule has 8 heteroatoms. The highest BCUT2D eigenvalue weighted by atomic mass is 19.4. The first kappa shape index (κ1) is 15.7. The van der Waals surface area contributed by atoms with Crippen LogP contribution in [-0.2, 0) is 19.4 Å². The van der Waals surface area contributed by atoms with E-state index in [0.717, 1.165) is 59.8 Å². The number of alkyl halides is 3. The molecule has 0 amide bonds. The maximum absolute atomic E-state index is 12.9. The lowest BCUT2D eigenvalue weighted by atomic mass is 9.89. The van der Waals surface area contributed by atoms with Crippen LogP contribution in [0, 0.1) is 0 Å². The van der Waals surface area contributed by atoms with Gasteiger partial charge in [0.2, 0.25) is 0 Å². The fourth-order valence-corrected chi connectivity index (χ4v) is 3.97. The summed E-state index contributed by atoms with van der Waals surface area (Å²) in [6, 6.07) is -0.0427. The molecule has 0 bridgehead atoms. The van der Waals surface area contributed by atoms with Crippen molar-refractivity contribution in [2.75, 3.05) is 6.54 Å². The zero-order valence-electron chi connectivity index (χ0n) is 13.2. The number of nitrogens with zero attached hydrogens (tertiary/aromatic N) is 2. The van der Waals surface area contributed by atoms with Gasteiger partial charge in [-0.05, 0) is 50.6 Å². The van der Waals surface area contributed by atoms with E-state index in [2.05, 4.69) is 15.4 Å². The second kappa shape index (κ2) is 5.61. The van der Waals surface area contributed by atoms with E-state index in [1.54, 1.807) is 0 Å². The highest BCUT2D eigenvalue weighted by molar-refractivity contribution is 5.84. The number of nitrogens with one attached hydrogen (secondary N) is 2. The van der Waals surface area contributed by atoms with E-state index in [9.17, 15) is 18.0 Å². The molecule has 1 atom stereocenters. The molecule has 1 fully saturated rings. The summed E-state index contributed by atoms with van der Waals surface area (Å²) in [6.07, 6.45) is 0.751. The van der Waals surface area contributed by atoms with Crippen molar-refractivity contribution >= 4 is 11.0 Å². The Morgan fingerprint density at radius 1 is 1.17 bits per heavy atom. The van der Waals surface area contributed by atoms with Gasteiger partial charge in [0.1, 0.15) is 12.2 Å². The number of rotatable bonds is 2. The van der Waals surface area contributed by atoms with E-state index in [0.29, 0.717) is 12.1 Å². The first-order valence-electron chi connectivity index (χ1n) is 8.38. The van der Waals surface area contributed by atoms with Gasteiger partial charge in [-0.1, -0.05) is 0 Å². The highest BCUT2D eigenvalue weighted by Gasteiger charge is 2.33. The van der Waals surface area contributed by atoms with Crippen molar-refractivity contribution < 1.29 is 13.2 Å². The Bertz CT molecular complexity index is 830. The van der Waals surface area contributed by atoms with Gasteiger partial charge in [0.05, 0.1) is 11.7 Å². The van der Waals surface area contributed by atoms with Gasteiger partial charge in [-0.3, -0.25) is 4.79 Å². The number of hydrogen-bond donors (Lipinski definition) is 2. The number of aryl methyl sites for hydroxylation is 1. The number of fused-ring (bicyclic) bond motifs is 3. The van der Waals surface area contributed by atoms with Gasteiger partial charge in [-0.2, -0.15) is 18.3 Å². The minimum atomic E-state index is -4.38. The Kier molecular flexibility index (Phi) is 3.67. The van der Waals surface area contributed by atoms with Crippen LogP contribution in [0.3, 0.4) is 0 Å². The van der Waals surface area contributed by atoms with Gasteiger partial charge < -0.3 is 10.3 Å². The molecule has 0 aromatic carbocycles. The van der Waals surface area contributed by atoms with Crippen LogP contribution in [0.5, 0.6) is 0 Å². The van der Waals surface area contributed by atoms with Crippen LogP contribution in [-0.4, -0.2) is 27.5 Å². The molecule has 0 unspecified atom stereocenters. The van der Waals surface area contributed by atoms with Gasteiger partial charge in [0.15, 0.2) is 0 Å². The summed E-state index contributed by atoms with van der Waals surface area (Å²) in [5.41, 5.74) is 2.21. The third kappa shape index (κ3) is 2.62. The average molecular weight is 340 g/mol. The molecule has 24 heavy (non-hydrogen) atoms. The molecule has 2 aromatic heterocycles. The van der Waals surface area contributed by atoms with Crippen molar-refractivity contribution in [3.05, 3.63) is 27.2 Å². The van der Waals surface area contributed by atoms with Crippen molar-refractivity contribution in [1.82, 2.24) is 20.1 Å². The lowest BCUT2D eigenvalue weighted by Crippen LogP contribution is -2.22. The summed E-state index contributed by atoms with van der Waals surface area (Å²) in [5.74, 6) is 0. The van der Waals surface area contributed by atoms with Crippen molar-refractivity contribution in [2.24, 2.45) is 0 Å². The van der Waals surface area contributed by atoms with E-state index in [-0.39, 0.29) is 17.2 Å². The highest BCUT2D eigenvalue weighted by Crippen LogP contribution is 2.34. The van der Waals surface area contributed by atoms with Crippen molar-refractivity contribution in [1.29, 1.82) is 0 Å². The van der Waals surface area contributed by atoms with Crippen molar-refractivity contribution in [2.45, 2.75) is 57.3 Å². The van der Waals surface area contributed by atoms with E-state index >= 15 is 0 Å². The summed E-state index contributed by atoms with van der Waals surface area (Å²) in [7, 11) is 0. The monoisotopic (exact) mass is 340 g/mol. The van der Waals surface area contributed by atoms with Crippen molar-refractivity contribution in [3.63, 3.8) is 0 Å². The van der Waals surface area contributed by atoms with Crippen LogP contribution in [0.2, 0.25) is 0 Å². The number of aromatic nitrogens is 3. The van der Waals surface area contributed by atoms with E-state index < -0.39 is 12.7 Å². The van der Waals surface area contributed by atoms with Crippen LogP contribution in [0.15, 0.2) is 4.79 Å². The molecule has 3 heterocycles. The van der Waals surface area contributed by atoms with Gasteiger partial charge in [0.25, 0.3) is 5.56 Å². The molecule has 2 aliphatic rings. The smallest absolute Gasteiger partial charge is 0.309 e. The molecular weight excluding hydrogens is 321 g/mol. The normalized spacial score (nSPS) is 21.4. The van der Waals surface area contributed by atoms with Gasteiger partial charge >= 0.3 is 6.18 Å². The Morgan fingerprint density at radius 3 is 2.58 bits per heavy atom. The molecule has 1 aliphatic heterocycles. The summed E-state index contributed by atoms with van der Waals surface area (Å²) >= 11 is 0. The third-order valence-electron chi connectivity index (χ3n) is 4.97. The van der Waals surface area contributed by atoms with Crippen LogP contribution < -0.4 is 10.9 Å². The maximum Gasteiger partial charge on any atom is 0.408 e. The quantitative estimate of drug-likeness (QED) is 0.883. The van der Waals surface area contributed by atoms with Gasteiger partial charge in [-0.25, -0.2) is 4.68 Å². The number of aromatic amines is 1. The minimum Gasteiger partial charge on any atom is -0.309 e. The Hall–Kier alpha value is -1.83. The summed E-state index contributed by atoms with van der Waals surface area (Å²) in [6.45, 7) is -0.352. The molecule has 0 radical (unpaired) electrons. The molecule has 1 saturated heterocycles. The molecule has 1 aliphatic carbocycles. The molecule has 2 N–H and O–H groups in total. The van der Waals surface area contributed by atoms with E-state index in [1.807, 2.05) is 0 Å². The van der Waals surface area contributed by atoms with Crippen LogP contribution in [0.4, 0.5) is 13.2 Å². The fourth-order valence-electron chi connectivity index (χ4n) is 3.97. The molecular formula is C16H19F3N4O. The second-order valence-corrected chi connectivity index (χ2v) is 6.65. The SMILES string of the molecule is O=c1[nH]c2c(c([C@H]3CCCN3)nn2CC(F)(F)F)c2c1CCCC2. The van der Waals surface area contributed by atoms with E-state index in [1.165, 1.54) is 0 Å². The Balaban J connectivity index is 1.97. The molecule has 2 aromatic rings. The zero-order chi connectivity index (χ0) is 16.9. The first-order valence-corrected chi connectivity index (χ1v) is 8.38. The number of H-pyrrole nitrogens is 1. The standard InChI is InChI=1S/C16H19F3N4O/c17-16(18,19)8-23-14-12(13(22-23)11-6-3-7-20-11)9-4-1-2-5-10(9)15(24)21-14/h11,20H,1-8H2,(H,21,24)/t11-/m1/s1. The second-order valence-electron chi connectivity index (χ2n) is 6.65. The Morgan fingerprint density at radius 2 is 1.92 bits per heavy atom. The summed E-state index contributed by atoms with van der Waals surface area (Å²) < 4.78 is 39.7. The van der Waals surface area contributed by atoms with Gasteiger partial charge in [0, 0.05) is 10.9 Å². The van der Waals surface area contributed by atoms with Crippen LogP contribution >= 0.6 is 0 Å². The number of hydrogen-bond acceptors (Lipinski definition) is 3. The number of pyridine rings is 1. The van der Waals surface area contributed by atoms with Crippen LogP contribution in [0.1, 0.15) is 48.5 Å². The molecule has 130 valence electrons. The predicted molar refractivity (Wildman–Crippen MR) is 83.0 cm³/mol. The third-order valence-corrected chi connectivity index (χ3v) is 4.97. The molecule has 4 rings (SSSR count). The fraction of sp³-hybridized carbons (Fsp3) is 0.625. The van der Waals surface area contributed by atoms with Crippen LogP contribution in [0.25, 0.3) is 11.0 Å². The van der Waals surface area contributed by atoms with Crippen molar-refractivity contribution in [3.8, 4) is 0 Å². The molecule has 0 spiro atoms.